The lowest BCUT2D eigenvalue weighted by Crippen LogP contribution is -2.11. The van der Waals surface area contributed by atoms with E-state index in [-0.39, 0.29) is 11.9 Å². The van der Waals surface area contributed by atoms with Crippen LogP contribution in [0.15, 0.2) is 36.4 Å². The Morgan fingerprint density at radius 1 is 0.413 bits per heavy atom. The minimum absolute atomic E-state index is 0.360. The van der Waals surface area contributed by atoms with Gasteiger partial charge in [0.25, 0.3) is 0 Å². The number of esters is 2. The first-order valence-electron chi connectivity index (χ1n) is 19.5. The van der Waals surface area contributed by atoms with Gasteiger partial charge in [0.2, 0.25) is 0 Å². The molecule has 0 aromatic heterocycles. The highest BCUT2D eigenvalue weighted by atomic mass is 16.5. The first kappa shape index (κ1) is 39.8. The highest BCUT2D eigenvalue weighted by Gasteiger charge is 2.19. The summed E-state index contributed by atoms with van der Waals surface area (Å²) >= 11 is 0. The van der Waals surface area contributed by atoms with E-state index in [1.807, 2.05) is 24.3 Å². The fraction of sp³-hybridized carbons (Fsp3) is 0.714. The van der Waals surface area contributed by atoms with E-state index in [1.54, 1.807) is 12.1 Å². The molecule has 0 amide bonds. The van der Waals surface area contributed by atoms with Crippen LogP contribution >= 0.6 is 0 Å². The van der Waals surface area contributed by atoms with E-state index in [0.717, 1.165) is 31.1 Å². The van der Waals surface area contributed by atoms with E-state index in [1.165, 1.54) is 141 Å². The Kier molecular flexibility index (Phi) is 24.0. The monoisotopic (exact) mass is 637 g/mol. The SMILES string of the molecule is CCCCCCCCCCCCCCCCCCOC(=O)c1cccc2cccc(C(=O)OCCCCCCCCCCCC)c12. The van der Waals surface area contributed by atoms with E-state index in [2.05, 4.69) is 13.8 Å². The molecular weight excluding hydrogens is 568 g/mol. The van der Waals surface area contributed by atoms with E-state index in [0.29, 0.717) is 29.7 Å². The third-order valence-electron chi connectivity index (χ3n) is 9.31. The summed E-state index contributed by atoms with van der Waals surface area (Å²) in [7, 11) is 0. The van der Waals surface area contributed by atoms with Gasteiger partial charge in [0.05, 0.1) is 24.3 Å². The van der Waals surface area contributed by atoms with Gasteiger partial charge >= 0.3 is 11.9 Å². The smallest absolute Gasteiger partial charge is 0.338 e. The summed E-state index contributed by atoms with van der Waals surface area (Å²) in [5.74, 6) is -0.721. The molecule has 2 rings (SSSR count). The van der Waals surface area contributed by atoms with E-state index in [9.17, 15) is 9.59 Å². The Bertz CT molecular complexity index is 1040. The molecule has 0 aliphatic heterocycles. The summed E-state index contributed by atoms with van der Waals surface area (Å²) in [5.41, 5.74) is 0.889. The van der Waals surface area contributed by atoms with Crippen molar-refractivity contribution in [3.05, 3.63) is 47.5 Å². The van der Waals surface area contributed by atoms with Crippen LogP contribution in [0, 0.1) is 0 Å². The van der Waals surface area contributed by atoms with Crippen molar-refractivity contribution in [1.82, 2.24) is 0 Å². The van der Waals surface area contributed by atoms with Crippen LogP contribution in [-0.4, -0.2) is 25.2 Å². The van der Waals surface area contributed by atoms with Gasteiger partial charge in [-0.3, -0.25) is 0 Å². The molecule has 2 aromatic carbocycles. The Balaban J connectivity index is 1.59. The van der Waals surface area contributed by atoms with E-state index < -0.39 is 0 Å². The van der Waals surface area contributed by atoms with Gasteiger partial charge in [0, 0.05) is 5.39 Å². The lowest BCUT2D eigenvalue weighted by atomic mass is 9.99. The van der Waals surface area contributed by atoms with Gasteiger partial charge in [-0.1, -0.05) is 192 Å². The molecule has 0 atom stereocenters. The topological polar surface area (TPSA) is 52.6 Å². The zero-order valence-electron chi connectivity index (χ0n) is 29.9. The van der Waals surface area contributed by atoms with Crippen LogP contribution in [0.5, 0.6) is 0 Å². The second kappa shape index (κ2) is 27.7. The van der Waals surface area contributed by atoms with Crippen LogP contribution in [-0.2, 0) is 9.47 Å². The molecule has 0 bridgehead atoms. The minimum Gasteiger partial charge on any atom is -0.462 e. The Morgan fingerprint density at radius 2 is 0.696 bits per heavy atom. The molecule has 0 saturated heterocycles. The number of ether oxygens (including phenoxy) is 2. The standard InChI is InChI=1S/C42H68O4/c1-3-5-7-9-11-13-15-16-17-18-19-20-22-24-26-28-36-46-42(44)39-34-30-32-37-31-29-33-38(40(37)39)41(43)45-35-27-25-23-21-14-12-10-8-6-4-2/h29-34H,3-28,35-36H2,1-2H3. The largest absolute Gasteiger partial charge is 0.462 e. The van der Waals surface area contributed by atoms with E-state index >= 15 is 0 Å². The summed E-state index contributed by atoms with van der Waals surface area (Å²) < 4.78 is 11.3. The van der Waals surface area contributed by atoms with Crippen LogP contribution in [0.3, 0.4) is 0 Å². The van der Waals surface area contributed by atoms with Crippen molar-refractivity contribution in [2.45, 2.75) is 181 Å². The van der Waals surface area contributed by atoms with Gasteiger partial charge in [-0.05, 0) is 30.4 Å². The number of carbonyl (C=O) groups excluding carboxylic acids is 2. The third kappa shape index (κ3) is 18.1. The van der Waals surface area contributed by atoms with Gasteiger partial charge < -0.3 is 9.47 Å². The van der Waals surface area contributed by atoms with Crippen LogP contribution in [0.1, 0.15) is 202 Å². The summed E-state index contributed by atoms with van der Waals surface area (Å²) in [5, 5.41) is 1.49. The molecule has 0 fully saturated rings. The number of benzene rings is 2. The number of carbonyl (C=O) groups is 2. The Labute approximate surface area is 282 Å². The minimum atomic E-state index is -0.362. The molecule has 0 aliphatic rings. The van der Waals surface area contributed by atoms with Gasteiger partial charge in [-0.15, -0.1) is 0 Å². The quantitative estimate of drug-likeness (QED) is 0.0632. The summed E-state index contributed by atoms with van der Waals surface area (Å²) in [6, 6.07) is 11.1. The Morgan fingerprint density at radius 3 is 1.00 bits per heavy atom. The predicted molar refractivity (Wildman–Crippen MR) is 196 cm³/mol. The molecule has 0 saturated carbocycles. The molecule has 260 valence electrons. The summed E-state index contributed by atoms with van der Waals surface area (Å²) in [6.07, 6.45) is 33.4. The van der Waals surface area contributed by atoms with Crippen LogP contribution in [0.4, 0.5) is 0 Å². The molecule has 0 unspecified atom stereocenters. The molecule has 0 N–H and O–H groups in total. The maximum Gasteiger partial charge on any atom is 0.338 e. The number of hydrogen-bond acceptors (Lipinski definition) is 4. The Hall–Kier alpha value is -2.36. The molecule has 0 radical (unpaired) electrons. The number of rotatable bonds is 30. The van der Waals surface area contributed by atoms with Crippen LogP contribution < -0.4 is 0 Å². The zero-order chi connectivity index (χ0) is 32.9. The van der Waals surface area contributed by atoms with Gasteiger partial charge in [-0.2, -0.15) is 0 Å². The molecule has 0 spiro atoms. The van der Waals surface area contributed by atoms with Crippen molar-refractivity contribution in [3.8, 4) is 0 Å². The van der Waals surface area contributed by atoms with Crippen molar-refractivity contribution in [3.63, 3.8) is 0 Å². The molecule has 0 aliphatic carbocycles. The van der Waals surface area contributed by atoms with Crippen LogP contribution in [0.2, 0.25) is 0 Å². The third-order valence-corrected chi connectivity index (χ3v) is 9.31. The normalized spacial score (nSPS) is 11.3. The summed E-state index contributed by atoms with van der Waals surface area (Å²) in [4.78, 5) is 26.1. The first-order valence-corrected chi connectivity index (χ1v) is 19.5. The highest BCUT2D eigenvalue weighted by molar-refractivity contribution is 6.13. The molecule has 4 heteroatoms. The number of hydrogen-bond donors (Lipinski definition) is 0. The number of fused-ring (bicyclic) bond motifs is 1. The molecule has 2 aromatic rings. The van der Waals surface area contributed by atoms with Gasteiger partial charge in [-0.25, -0.2) is 9.59 Å². The average Bonchev–Trinajstić information content (AvgIpc) is 3.07. The van der Waals surface area contributed by atoms with Crippen molar-refractivity contribution in [1.29, 1.82) is 0 Å². The van der Waals surface area contributed by atoms with Crippen molar-refractivity contribution >= 4 is 22.7 Å². The maximum atomic E-state index is 13.1. The van der Waals surface area contributed by atoms with Gasteiger partial charge in [0.1, 0.15) is 0 Å². The predicted octanol–water partition coefficient (Wildman–Crippen LogP) is 13.3. The lowest BCUT2D eigenvalue weighted by Gasteiger charge is -2.12. The van der Waals surface area contributed by atoms with Crippen molar-refractivity contribution in [2.24, 2.45) is 0 Å². The van der Waals surface area contributed by atoms with E-state index in [4.69, 9.17) is 9.47 Å². The molecule has 4 nitrogen and oxygen atoms in total. The van der Waals surface area contributed by atoms with Gasteiger partial charge in [0.15, 0.2) is 0 Å². The lowest BCUT2D eigenvalue weighted by molar-refractivity contribution is 0.0498. The zero-order valence-corrected chi connectivity index (χ0v) is 29.9. The van der Waals surface area contributed by atoms with Crippen LogP contribution in [0.25, 0.3) is 10.8 Å². The number of unbranched alkanes of at least 4 members (excludes halogenated alkanes) is 24. The summed E-state index contributed by atoms with van der Waals surface area (Å²) in [6.45, 7) is 5.36. The molecule has 0 heterocycles. The molecule has 46 heavy (non-hydrogen) atoms. The van der Waals surface area contributed by atoms with Crippen molar-refractivity contribution < 1.29 is 19.1 Å². The second-order valence-electron chi connectivity index (χ2n) is 13.5. The second-order valence-corrected chi connectivity index (χ2v) is 13.5. The maximum absolute atomic E-state index is 13.1. The fourth-order valence-electron chi connectivity index (χ4n) is 6.41. The first-order chi connectivity index (χ1) is 22.7. The fourth-order valence-corrected chi connectivity index (χ4v) is 6.41. The molecular formula is C42H68O4. The van der Waals surface area contributed by atoms with Crippen molar-refractivity contribution in [2.75, 3.05) is 13.2 Å². The average molecular weight is 637 g/mol. The highest BCUT2D eigenvalue weighted by Crippen LogP contribution is 2.25.